The van der Waals surface area contributed by atoms with E-state index in [1.165, 1.54) is 32.4 Å². The standard InChI is InChI=1S/C14H21N3O/c18-11-12-4-1-6-14(15-12)17-9-3-8-16-7-2-5-13(16)10-17/h1,4,6,13,18H,2-3,5,7-11H2. The summed E-state index contributed by atoms with van der Waals surface area (Å²) >= 11 is 0. The molecule has 2 aliphatic heterocycles. The van der Waals surface area contributed by atoms with Crippen LogP contribution in [0.25, 0.3) is 0 Å². The van der Waals surface area contributed by atoms with Crippen molar-refractivity contribution in [1.29, 1.82) is 0 Å². The first-order valence-electron chi connectivity index (χ1n) is 6.92. The lowest BCUT2D eigenvalue weighted by Crippen LogP contribution is -2.37. The van der Waals surface area contributed by atoms with Crippen LogP contribution in [0.3, 0.4) is 0 Å². The van der Waals surface area contributed by atoms with E-state index < -0.39 is 0 Å². The monoisotopic (exact) mass is 247 g/mol. The summed E-state index contributed by atoms with van der Waals surface area (Å²) in [4.78, 5) is 9.53. The lowest BCUT2D eigenvalue weighted by Gasteiger charge is -2.26. The van der Waals surface area contributed by atoms with Crippen LogP contribution in [0.15, 0.2) is 18.2 Å². The van der Waals surface area contributed by atoms with Gasteiger partial charge < -0.3 is 10.0 Å². The van der Waals surface area contributed by atoms with Crippen LogP contribution >= 0.6 is 0 Å². The van der Waals surface area contributed by atoms with Crippen LogP contribution in [0.4, 0.5) is 5.82 Å². The smallest absolute Gasteiger partial charge is 0.128 e. The molecule has 1 N–H and O–H groups in total. The first kappa shape index (κ1) is 11.9. The van der Waals surface area contributed by atoms with Gasteiger partial charge >= 0.3 is 0 Å². The molecule has 1 atom stereocenters. The molecule has 3 rings (SSSR count). The molecule has 2 fully saturated rings. The number of anilines is 1. The summed E-state index contributed by atoms with van der Waals surface area (Å²) in [6.07, 6.45) is 3.86. The number of aliphatic hydroxyl groups is 1. The molecule has 3 heterocycles. The molecule has 0 amide bonds. The molecule has 1 aromatic heterocycles. The van der Waals surface area contributed by atoms with Gasteiger partial charge in [0.25, 0.3) is 0 Å². The fraction of sp³-hybridized carbons (Fsp3) is 0.643. The topological polar surface area (TPSA) is 39.6 Å². The summed E-state index contributed by atoms with van der Waals surface area (Å²) in [5, 5.41) is 9.18. The Bertz CT molecular complexity index is 410. The zero-order valence-corrected chi connectivity index (χ0v) is 10.8. The number of aromatic nitrogens is 1. The van der Waals surface area contributed by atoms with Crippen LogP contribution < -0.4 is 4.90 Å². The fourth-order valence-electron chi connectivity index (χ4n) is 3.15. The number of nitrogens with zero attached hydrogens (tertiary/aromatic N) is 3. The van der Waals surface area contributed by atoms with Crippen molar-refractivity contribution < 1.29 is 5.11 Å². The van der Waals surface area contributed by atoms with E-state index in [0.717, 1.165) is 24.6 Å². The van der Waals surface area contributed by atoms with E-state index in [-0.39, 0.29) is 6.61 Å². The van der Waals surface area contributed by atoms with Crippen LogP contribution in [0.5, 0.6) is 0 Å². The lowest BCUT2D eigenvalue weighted by atomic mass is 10.2. The molecule has 0 aromatic carbocycles. The molecule has 0 spiro atoms. The van der Waals surface area contributed by atoms with Crippen molar-refractivity contribution in [2.75, 3.05) is 31.1 Å². The number of pyridine rings is 1. The SMILES string of the molecule is OCc1cccc(N2CCCN3CCCC3C2)n1. The molecular weight excluding hydrogens is 226 g/mol. The Labute approximate surface area is 108 Å². The maximum atomic E-state index is 9.18. The van der Waals surface area contributed by atoms with Gasteiger partial charge in [0.1, 0.15) is 5.82 Å². The van der Waals surface area contributed by atoms with Crippen molar-refractivity contribution in [1.82, 2.24) is 9.88 Å². The molecular formula is C14H21N3O. The van der Waals surface area contributed by atoms with Gasteiger partial charge in [-0.1, -0.05) is 6.07 Å². The summed E-state index contributed by atoms with van der Waals surface area (Å²) in [5.41, 5.74) is 0.764. The second kappa shape index (κ2) is 5.24. The van der Waals surface area contributed by atoms with E-state index in [9.17, 15) is 5.11 Å². The minimum Gasteiger partial charge on any atom is -0.390 e. The van der Waals surface area contributed by atoms with Crippen LogP contribution in [-0.2, 0) is 6.61 Å². The molecule has 2 aliphatic rings. The Balaban J connectivity index is 1.78. The van der Waals surface area contributed by atoms with Gasteiger partial charge in [-0.05, 0) is 37.9 Å². The molecule has 0 aliphatic carbocycles. The third-order valence-corrected chi connectivity index (χ3v) is 4.08. The van der Waals surface area contributed by atoms with E-state index in [0.29, 0.717) is 6.04 Å². The normalized spacial score (nSPS) is 24.9. The second-order valence-corrected chi connectivity index (χ2v) is 5.28. The molecule has 0 bridgehead atoms. The van der Waals surface area contributed by atoms with E-state index in [2.05, 4.69) is 20.9 Å². The maximum absolute atomic E-state index is 9.18. The van der Waals surface area contributed by atoms with Gasteiger partial charge in [-0.3, -0.25) is 4.90 Å². The van der Waals surface area contributed by atoms with Crippen molar-refractivity contribution >= 4 is 5.82 Å². The zero-order chi connectivity index (χ0) is 12.4. The van der Waals surface area contributed by atoms with Crippen LogP contribution in [0.2, 0.25) is 0 Å². The Hall–Kier alpha value is -1.13. The molecule has 4 heteroatoms. The Morgan fingerprint density at radius 3 is 3.00 bits per heavy atom. The number of hydrogen-bond donors (Lipinski definition) is 1. The van der Waals surface area contributed by atoms with E-state index in [4.69, 9.17) is 0 Å². The highest BCUT2D eigenvalue weighted by Gasteiger charge is 2.29. The van der Waals surface area contributed by atoms with Gasteiger partial charge in [0, 0.05) is 25.7 Å². The summed E-state index contributed by atoms with van der Waals surface area (Å²) < 4.78 is 0. The van der Waals surface area contributed by atoms with Crippen LogP contribution in [0.1, 0.15) is 25.0 Å². The number of fused-ring (bicyclic) bond motifs is 1. The number of hydrogen-bond acceptors (Lipinski definition) is 4. The Kier molecular flexibility index (Phi) is 3.48. The average molecular weight is 247 g/mol. The van der Waals surface area contributed by atoms with E-state index >= 15 is 0 Å². The summed E-state index contributed by atoms with van der Waals surface area (Å²) in [5.74, 6) is 1.02. The van der Waals surface area contributed by atoms with Crippen LogP contribution in [0, 0.1) is 0 Å². The van der Waals surface area contributed by atoms with Crippen molar-refractivity contribution in [2.45, 2.75) is 31.9 Å². The van der Waals surface area contributed by atoms with Crippen molar-refractivity contribution in [3.63, 3.8) is 0 Å². The molecule has 2 saturated heterocycles. The minimum absolute atomic E-state index is 0.0250. The molecule has 1 unspecified atom stereocenters. The van der Waals surface area contributed by atoms with Gasteiger partial charge in [-0.2, -0.15) is 0 Å². The van der Waals surface area contributed by atoms with Gasteiger partial charge in [0.15, 0.2) is 0 Å². The molecule has 98 valence electrons. The van der Waals surface area contributed by atoms with Gasteiger partial charge in [-0.15, -0.1) is 0 Å². The van der Waals surface area contributed by atoms with Gasteiger partial charge in [0.05, 0.1) is 12.3 Å². The third-order valence-electron chi connectivity index (χ3n) is 4.08. The first-order valence-corrected chi connectivity index (χ1v) is 6.92. The number of rotatable bonds is 2. The molecule has 1 aromatic rings. The second-order valence-electron chi connectivity index (χ2n) is 5.28. The third kappa shape index (κ3) is 2.35. The van der Waals surface area contributed by atoms with Crippen LogP contribution in [-0.4, -0.2) is 47.2 Å². The van der Waals surface area contributed by atoms with Crippen molar-refractivity contribution in [2.24, 2.45) is 0 Å². The minimum atomic E-state index is 0.0250. The zero-order valence-electron chi connectivity index (χ0n) is 10.8. The Morgan fingerprint density at radius 1 is 1.22 bits per heavy atom. The molecule has 4 nitrogen and oxygen atoms in total. The van der Waals surface area contributed by atoms with Gasteiger partial charge in [0.2, 0.25) is 0 Å². The highest BCUT2D eigenvalue weighted by atomic mass is 16.3. The summed E-state index contributed by atoms with van der Waals surface area (Å²) in [7, 11) is 0. The fourth-order valence-corrected chi connectivity index (χ4v) is 3.15. The highest BCUT2D eigenvalue weighted by Crippen LogP contribution is 2.24. The molecule has 18 heavy (non-hydrogen) atoms. The number of aliphatic hydroxyl groups excluding tert-OH is 1. The average Bonchev–Trinajstić information content (AvgIpc) is 2.76. The van der Waals surface area contributed by atoms with Gasteiger partial charge in [-0.25, -0.2) is 4.98 Å². The van der Waals surface area contributed by atoms with Crippen molar-refractivity contribution in [3.8, 4) is 0 Å². The summed E-state index contributed by atoms with van der Waals surface area (Å²) in [6, 6.07) is 6.63. The first-order chi connectivity index (χ1) is 8.86. The largest absolute Gasteiger partial charge is 0.390 e. The quantitative estimate of drug-likeness (QED) is 0.854. The Morgan fingerprint density at radius 2 is 2.11 bits per heavy atom. The molecule has 0 saturated carbocycles. The van der Waals surface area contributed by atoms with E-state index in [1.54, 1.807) is 0 Å². The maximum Gasteiger partial charge on any atom is 0.128 e. The highest BCUT2D eigenvalue weighted by molar-refractivity contribution is 5.39. The summed E-state index contributed by atoms with van der Waals surface area (Å²) in [6.45, 7) is 4.68. The van der Waals surface area contributed by atoms with E-state index in [1.807, 2.05) is 12.1 Å². The molecule has 0 radical (unpaired) electrons. The predicted molar refractivity (Wildman–Crippen MR) is 71.6 cm³/mol. The lowest BCUT2D eigenvalue weighted by molar-refractivity contribution is 0.272. The van der Waals surface area contributed by atoms with Crippen molar-refractivity contribution in [3.05, 3.63) is 23.9 Å². The predicted octanol–water partition coefficient (Wildman–Crippen LogP) is 1.25.